The maximum Gasteiger partial charge on any atom is 0.106 e. The first-order chi connectivity index (χ1) is 9.11. The van der Waals surface area contributed by atoms with Crippen molar-refractivity contribution in [2.45, 2.75) is 46.5 Å². The van der Waals surface area contributed by atoms with Crippen molar-refractivity contribution >= 4 is 22.9 Å². The lowest BCUT2D eigenvalue weighted by molar-refractivity contribution is 0.676. The van der Waals surface area contributed by atoms with E-state index in [0.29, 0.717) is 4.99 Å². The molecule has 0 saturated heterocycles. The molecule has 0 radical (unpaired) electrons. The van der Waals surface area contributed by atoms with Crippen LogP contribution in [0.15, 0.2) is 18.2 Å². The quantitative estimate of drug-likeness (QED) is 0.728. The van der Waals surface area contributed by atoms with Gasteiger partial charge >= 0.3 is 0 Å². The highest BCUT2D eigenvalue weighted by Crippen LogP contribution is 2.26. The predicted molar refractivity (Wildman–Crippen MR) is 89.1 cm³/mol. The highest BCUT2D eigenvalue weighted by atomic mass is 32.1. The molecule has 1 aromatic carbocycles. The first kappa shape index (κ1) is 16.0. The fraction of sp³-hybridized carbons (Fsp3) is 0.562. The maximum absolute atomic E-state index is 5.88. The molecule has 3 heteroatoms. The van der Waals surface area contributed by atoms with Crippen LogP contribution >= 0.6 is 12.2 Å². The van der Waals surface area contributed by atoms with E-state index in [4.69, 9.17) is 18.0 Å². The molecule has 0 heterocycles. The van der Waals surface area contributed by atoms with E-state index in [1.165, 1.54) is 36.9 Å². The number of aryl methyl sites for hydroxylation is 1. The SMILES string of the molecule is CCCCN(CCCC)c1c(C)cccc1C(N)=S. The predicted octanol–water partition coefficient (Wildman–Crippen LogP) is 4.04. The van der Waals surface area contributed by atoms with Gasteiger partial charge in [-0.2, -0.15) is 0 Å². The molecule has 0 amide bonds. The summed E-state index contributed by atoms with van der Waals surface area (Å²) < 4.78 is 0. The van der Waals surface area contributed by atoms with Crippen molar-refractivity contribution in [2.75, 3.05) is 18.0 Å². The van der Waals surface area contributed by atoms with Gasteiger partial charge in [0.05, 0.1) is 0 Å². The molecule has 1 aromatic rings. The average Bonchev–Trinajstić information content (AvgIpc) is 2.39. The Balaban J connectivity index is 3.08. The second kappa shape index (κ2) is 8.16. The van der Waals surface area contributed by atoms with Gasteiger partial charge in [0, 0.05) is 24.3 Å². The van der Waals surface area contributed by atoms with Crippen molar-refractivity contribution in [1.82, 2.24) is 0 Å². The molecule has 0 aliphatic rings. The Hall–Kier alpha value is -1.09. The molecule has 0 saturated carbocycles. The molecule has 0 bridgehead atoms. The number of hydrogen-bond acceptors (Lipinski definition) is 2. The molecule has 1 rings (SSSR count). The lowest BCUT2D eigenvalue weighted by Crippen LogP contribution is -2.29. The van der Waals surface area contributed by atoms with Crippen LogP contribution in [0.3, 0.4) is 0 Å². The molecule has 0 aromatic heterocycles. The highest BCUT2D eigenvalue weighted by Gasteiger charge is 2.14. The first-order valence-corrected chi connectivity index (χ1v) is 7.67. The summed E-state index contributed by atoms with van der Waals surface area (Å²) in [5, 5.41) is 0. The molecule has 19 heavy (non-hydrogen) atoms. The zero-order valence-electron chi connectivity index (χ0n) is 12.4. The third kappa shape index (κ3) is 4.50. The summed E-state index contributed by atoms with van der Waals surface area (Å²) in [7, 11) is 0. The molecule has 0 spiro atoms. The van der Waals surface area contributed by atoms with Gasteiger partial charge in [0.15, 0.2) is 0 Å². The summed E-state index contributed by atoms with van der Waals surface area (Å²) >= 11 is 5.20. The van der Waals surface area contributed by atoms with E-state index in [1.54, 1.807) is 0 Å². The topological polar surface area (TPSA) is 29.3 Å². The number of thiocarbonyl (C=S) groups is 1. The molecule has 106 valence electrons. The van der Waals surface area contributed by atoms with Crippen molar-refractivity contribution in [3.8, 4) is 0 Å². The van der Waals surface area contributed by atoms with Gasteiger partial charge in [-0.25, -0.2) is 0 Å². The van der Waals surface area contributed by atoms with Gasteiger partial charge in [-0.3, -0.25) is 0 Å². The second-order valence-electron chi connectivity index (χ2n) is 5.03. The Morgan fingerprint density at radius 2 is 1.74 bits per heavy atom. The van der Waals surface area contributed by atoms with Gasteiger partial charge in [-0.1, -0.05) is 51.0 Å². The third-order valence-corrected chi connectivity index (χ3v) is 3.60. The molecule has 0 aliphatic heterocycles. The monoisotopic (exact) mass is 278 g/mol. The number of hydrogen-bond donors (Lipinski definition) is 1. The van der Waals surface area contributed by atoms with Crippen LogP contribution in [0.2, 0.25) is 0 Å². The van der Waals surface area contributed by atoms with Crippen molar-refractivity contribution < 1.29 is 0 Å². The van der Waals surface area contributed by atoms with Crippen LogP contribution in [0.25, 0.3) is 0 Å². The summed E-state index contributed by atoms with van der Waals surface area (Å²) in [6, 6.07) is 6.21. The third-order valence-electron chi connectivity index (χ3n) is 3.38. The molecule has 2 nitrogen and oxygen atoms in total. The molecule has 0 aliphatic carbocycles. The van der Waals surface area contributed by atoms with Crippen LogP contribution in [0.5, 0.6) is 0 Å². The van der Waals surface area contributed by atoms with E-state index in [2.05, 4.69) is 31.7 Å². The number of nitrogens with two attached hydrogens (primary N) is 1. The van der Waals surface area contributed by atoms with Gasteiger partial charge in [0.2, 0.25) is 0 Å². The van der Waals surface area contributed by atoms with E-state index >= 15 is 0 Å². The van der Waals surface area contributed by atoms with Crippen LogP contribution in [-0.2, 0) is 0 Å². The normalized spacial score (nSPS) is 10.5. The summed E-state index contributed by atoms with van der Waals surface area (Å²) in [6.45, 7) is 8.75. The fourth-order valence-corrected chi connectivity index (χ4v) is 2.48. The van der Waals surface area contributed by atoms with Gasteiger partial charge in [-0.15, -0.1) is 0 Å². The van der Waals surface area contributed by atoms with Crippen molar-refractivity contribution in [1.29, 1.82) is 0 Å². The summed E-state index contributed by atoms with van der Waals surface area (Å²) in [5.41, 5.74) is 9.39. The fourth-order valence-electron chi connectivity index (χ4n) is 2.31. The Bertz CT molecular complexity index is 407. The van der Waals surface area contributed by atoms with Crippen molar-refractivity contribution in [3.05, 3.63) is 29.3 Å². The number of para-hydroxylation sites is 1. The van der Waals surface area contributed by atoms with E-state index in [-0.39, 0.29) is 0 Å². The molecule has 0 unspecified atom stereocenters. The molecular weight excluding hydrogens is 252 g/mol. The molecule has 0 atom stereocenters. The number of rotatable bonds is 8. The largest absolute Gasteiger partial charge is 0.389 e. The van der Waals surface area contributed by atoms with Crippen molar-refractivity contribution in [2.24, 2.45) is 5.73 Å². The number of unbranched alkanes of at least 4 members (excludes halogenated alkanes) is 2. The maximum atomic E-state index is 5.88. The van der Waals surface area contributed by atoms with Gasteiger partial charge < -0.3 is 10.6 Å². The van der Waals surface area contributed by atoms with Crippen LogP contribution in [0.4, 0.5) is 5.69 Å². The standard InChI is InChI=1S/C16H26N2S/c1-4-6-11-18(12-7-5-2)15-13(3)9-8-10-14(15)16(17)19/h8-10H,4-7,11-12H2,1-3H3,(H2,17,19). The van der Waals surface area contributed by atoms with E-state index in [9.17, 15) is 0 Å². The summed E-state index contributed by atoms with van der Waals surface area (Å²) in [6.07, 6.45) is 4.82. The number of nitrogens with zero attached hydrogens (tertiary/aromatic N) is 1. The van der Waals surface area contributed by atoms with E-state index in [0.717, 1.165) is 18.7 Å². The summed E-state index contributed by atoms with van der Waals surface area (Å²) in [4.78, 5) is 2.95. The zero-order valence-corrected chi connectivity index (χ0v) is 13.2. The lowest BCUT2D eigenvalue weighted by atomic mass is 10.1. The average molecular weight is 278 g/mol. The number of anilines is 1. The van der Waals surface area contributed by atoms with Crippen LogP contribution in [0.1, 0.15) is 50.7 Å². The minimum atomic E-state index is 0.497. The highest BCUT2D eigenvalue weighted by molar-refractivity contribution is 7.80. The van der Waals surface area contributed by atoms with Crippen LogP contribution < -0.4 is 10.6 Å². The Morgan fingerprint density at radius 1 is 1.16 bits per heavy atom. The first-order valence-electron chi connectivity index (χ1n) is 7.26. The second-order valence-corrected chi connectivity index (χ2v) is 5.47. The van der Waals surface area contributed by atoms with Crippen LogP contribution in [-0.4, -0.2) is 18.1 Å². The Labute approximate surface area is 123 Å². The van der Waals surface area contributed by atoms with Crippen molar-refractivity contribution in [3.63, 3.8) is 0 Å². The Morgan fingerprint density at radius 3 is 2.21 bits per heavy atom. The van der Waals surface area contributed by atoms with Gasteiger partial charge in [-0.05, 0) is 31.4 Å². The minimum absolute atomic E-state index is 0.497. The Kier molecular flexibility index (Phi) is 6.85. The van der Waals surface area contributed by atoms with Gasteiger partial charge in [0.1, 0.15) is 4.99 Å². The zero-order chi connectivity index (χ0) is 14.3. The number of benzene rings is 1. The summed E-state index contributed by atoms with van der Waals surface area (Å²) in [5.74, 6) is 0. The van der Waals surface area contributed by atoms with E-state index < -0.39 is 0 Å². The minimum Gasteiger partial charge on any atom is -0.389 e. The van der Waals surface area contributed by atoms with Gasteiger partial charge in [0.25, 0.3) is 0 Å². The smallest absolute Gasteiger partial charge is 0.106 e. The lowest BCUT2D eigenvalue weighted by Gasteiger charge is -2.28. The molecule has 2 N–H and O–H groups in total. The molecule has 0 fully saturated rings. The molecular formula is C16H26N2S. The van der Waals surface area contributed by atoms with E-state index in [1.807, 2.05) is 12.1 Å². The van der Waals surface area contributed by atoms with Crippen LogP contribution in [0, 0.1) is 6.92 Å².